The Balaban J connectivity index is 1.67. The van der Waals surface area contributed by atoms with Crippen molar-refractivity contribution in [3.63, 3.8) is 0 Å². The predicted octanol–water partition coefficient (Wildman–Crippen LogP) is 1.64. The SMILES string of the molecule is O=C(NCC1(c2ccncc2)CC1)c1cncc(O)c1. The second-order valence-corrected chi connectivity index (χ2v) is 5.13. The normalized spacial score (nSPS) is 15.6. The van der Waals surface area contributed by atoms with E-state index in [1.807, 2.05) is 12.1 Å². The summed E-state index contributed by atoms with van der Waals surface area (Å²) >= 11 is 0. The van der Waals surface area contributed by atoms with E-state index in [0.717, 1.165) is 12.8 Å². The summed E-state index contributed by atoms with van der Waals surface area (Å²) in [6.45, 7) is 0.589. The number of aromatic hydroxyl groups is 1. The molecule has 102 valence electrons. The molecule has 0 saturated heterocycles. The monoisotopic (exact) mass is 269 g/mol. The average Bonchev–Trinajstić information content (AvgIpc) is 3.27. The number of amides is 1. The number of carbonyl (C=O) groups excluding carboxylic acids is 1. The third-order valence-electron chi connectivity index (χ3n) is 3.72. The van der Waals surface area contributed by atoms with Crippen LogP contribution in [0.2, 0.25) is 0 Å². The highest BCUT2D eigenvalue weighted by molar-refractivity contribution is 5.94. The zero-order valence-corrected chi connectivity index (χ0v) is 10.9. The third kappa shape index (κ3) is 2.47. The van der Waals surface area contributed by atoms with Crippen molar-refractivity contribution in [2.45, 2.75) is 18.3 Å². The Morgan fingerprint density at radius 2 is 2.00 bits per heavy atom. The van der Waals surface area contributed by atoms with Gasteiger partial charge >= 0.3 is 0 Å². The van der Waals surface area contributed by atoms with Crippen LogP contribution in [0.5, 0.6) is 5.75 Å². The molecule has 0 spiro atoms. The lowest BCUT2D eigenvalue weighted by atomic mass is 9.97. The van der Waals surface area contributed by atoms with Crippen molar-refractivity contribution in [1.29, 1.82) is 0 Å². The van der Waals surface area contributed by atoms with E-state index >= 15 is 0 Å². The molecule has 0 aliphatic heterocycles. The maximum Gasteiger partial charge on any atom is 0.253 e. The van der Waals surface area contributed by atoms with Crippen LogP contribution in [0.4, 0.5) is 0 Å². The van der Waals surface area contributed by atoms with Crippen molar-refractivity contribution in [3.8, 4) is 5.75 Å². The van der Waals surface area contributed by atoms with Gasteiger partial charge < -0.3 is 10.4 Å². The van der Waals surface area contributed by atoms with Crippen molar-refractivity contribution < 1.29 is 9.90 Å². The molecule has 0 radical (unpaired) electrons. The fourth-order valence-electron chi connectivity index (χ4n) is 2.33. The van der Waals surface area contributed by atoms with Gasteiger partial charge in [-0.1, -0.05) is 0 Å². The Kier molecular flexibility index (Phi) is 3.10. The quantitative estimate of drug-likeness (QED) is 0.885. The Bertz CT molecular complexity index is 624. The summed E-state index contributed by atoms with van der Waals surface area (Å²) in [4.78, 5) is 19.8. The number of hydrogen-bond acceptors (Lipinski definition) is 4. The standard InChI is InChI=1S/C15H15N3O2/c19-13-7-11(8-17-9-13)14(20)18-10-15(3-4-15)12-1-5-16-6-2-12/h1-2,5-9,19H,3-4,10H2,(H,18,20). The first-order valence-electron chi connectivity index (χ1n) is 6.52. The Morgan fingerprint density at radius 3 is 2.65 bits per heavy atom. The van der Waals surface area contributed by atoms with E-state index in [1.165, 1.54) is 24.0 Å². The molecule has 3 rings (SSSR count). The predicted molar refractivity (Wildman–Crippen MR) is 73.4 cm³/mol. The molecule has 1 amide bonds. The maximum atomic E-state index is 12.0. The van der Waals surface area contributed by atoms with E-state index in [-0.39, 0.29) is 17.1 Å². The minimum Gasteiger partial charge on any atom is -0.506 e. The van der Waals surface area contributed by atoms with Crippen LogP contribution in [0.25, 0.3) is 0 Å². The van der Waals surface area contributed by atoms with Crippen molar-refractivity contribution in [2.75, 3.05) is 6.54 Å². The summed E-state index contributed by atoms with van der Waals surface area (Å²) < 4.78 is 0. The van der Waals surface area contributed by atoms with Gasteiger partial charge in [0.1, 0.15) is 5.75 Å². The molecule has 2 heterocycles. The smallest absolute Gasteiger partial charge is 0.253 e. The largest absolute Gasteiger partial charge is 0.506 e. The number of pyridine rings is 2. The molecule has 0 unspecified atom stereocenters. The Labute approximate surface area is 116 Å². The van der Waals surface area contributed by atoms with Crippen molar-refractivity contribution >= 4 is 5.91 Å². The van der Waals surface area contributed by atoms with Gasteiger partial charge in [-0.05, 0) is 36.6 Å². The van der Waals surface area contributed by atoms with Gasteiger partial charge in [0.2, 0.25) is 0 Å². The van der Waals surface area contributed by atoms with Crippen LogP contribution >= 0.6 is 0 Å². The van der Waals surface area contributed by atoms with Gasteiger partial charge in [0.05, 0.1) is 11.8 Å². The topological polar surface area (TPSA) is 75.1 Å². The molecule has 5 heteroatoms. The number of hydrogen-bond donors (Lipinski definition) is 2. The van der Waals surface area contributed by atoms with Crippen LogP contribution in [0, 0.1) is 0 Å². The maximum absolute atomic E-state index is 12.0. The highest BCUT2D eigenvalue weighted by Crippen LogP contribution is 2.47. The number of rotatable bonds is 4. The molecular formula is C15H15N3O2. The van der Waals surface area contributed by atoms with Crippen LogP contribution in [0.3, 0.4) is 0 Å². The molecule has 0 atom stereocenters. The first-order valence-corrected chi connectivity index (χ1v) is 6.52. The molecule has 2 N–H and O–H groups in total. The third-order valence-corrected chi connectivity index (χ3v) is 3.72. The van der Waals surface area contributed by atoms with Crippen LogP contribution in [-0.4, -0.2) is 27.5 Å². The van der Waals surface area contributed by atoms with Crippen LogP contribution in [0.1, 0.15) is 28.8 Å². The van der Waals surface area contributed by atoms with Gasteiger partial charge in [0.15, 0.2) is 0 Å². The second kappa shape index (κ2) is 4.92. The molecular weight excluding hydrogens is 254 g/mol. The Morgan fingerprint density at radius 1 is 1.25 bits per heavy atom. The molecule has 20 heavy (non-hydrogen) atoms. The van der Waals surface area contributed by atoms with Crippen LogP contribution < -0.4 is 5.32 Å². The number of aromatic nitrogens is 2. The van der Waals surface area contributed by atoms with E-state index in [1.54, 1.807) is 12.4 Å². The molecule has 1 saturated carbocycles. The lowest BCUT2D eigenvalue weighted by Crippen LogP contribution is -2.32. The summed E-state index contributed by atoms with van der Waals surface area (Å²) in [5.74, 6) is -0.221. The molecule has 1 aliphatic rings. The van der Waals surface area contributed by atoms with E-state index in [9.17, 15) is 9.90 Å². The van der Waals surface area contributed by atoms with E-state index < -0.39 is 0 Å². The second-order valence-electron chi connectivity index (χ2n) is 5.13. The summed E-state index contributed by atoms with van der Waals surface area (Å²) in [7, 11) is 0. The summed E-state index contributed by atoms with van der Waals surface area (Å²) in [5.41, 5.74) is 1.63. The molecule has 1 fully saturated rings. The van der Waals surface area contributed by atoms with Gasteiger partial charge in [0.25, 0.3) is 5.91 Å². The van der Waals surface area contributed by atoms with Gasteiger partial charge in [-0.15, -0.1) is 0 Å². The van der Waals surface area contributed by atoms with Crippen molar-refractivity contribution in [2.24, 2.45) is 0 Å². The summed E-state index contributed by atoms with van der Waals surface area (Å²) in [5, 5.41) is 12.2. The first-order chi connectivity index (χ1) is 9.70. The highest BCUT2D eigenvalue weighted by atomic mass is 16.3. The van der Waals surface area contributed by atoms with Crippen LogP contribution in [0.15, 0.2) is 43.0 Å². The van der Waals surface area contributed by atoms with E-state index in [4.69, 9.17) is 0 Å². The van der Waals surface area contributed by atoms with Gasteiger partial charge in [0, 0.05) is 30.6 Å². The highest BCUT2D eigenvalue weighted by Gasteiger charge is 2.44. The van der Waals surface area contributed by atoms with Crippen molar-refractivity contribution in [1.82, 2.24) is 15.3 Å². The number of carbonyl (C=O) groups is 1. The fraction of sp³-hybridized carbons (Fsp3) is 0.267. The molecule has 0 aromatic carbocycles. The van der Waals surface area contributed by atoms with E-state index in [0.29, 0.717) is 12.1 Å². The summed E-state index contributed by atoms with van der Waals surface area (Å²) in [6.07, 6.45) is 8.43. The van der Waals surface area contributed by atoms with Crippen molar-refractivity contribution in [3.05, 3.63) is 54.1 Å². The number of nitrogens with one attached hydrogen (secondary N) is 1. The molecule has 1 aliphatic carbocycles. The summed E-state index contributed by atoms with van der Waals surface area (Å²) in [6, 6.07) is 5.40. The fourth-order valence-corrected chi connectivity index (χ4v) is 2.33. The number of nitrogens with zero attached hydrogens (tertiary/aromatic N) is 2. The zero-order valence-electron chi connectivity index (χ0n) is 10.9. The lowest BCUT2D eigenvalue weighted by Gasteiger charge is -2.16. The lowest BCUT2D eigenvalue weighted by molar-refractivity contribution is 0.0949. The van der Waals surface area contributed by atoms with Crippen LogP contribution in [-0.2, 0) is 5.41 Å². The average molecular weight is 269 g/mol. The van der Waals surface area contributed by atoms with E-state index in [2.05, 4.69) is 15.3 Å². The zero-order chi connectivity index (χ0) is 14.0. The molecule has 2 aromatic rings. The molecule has 2 aromatic heterocycles. The first kappa shape index (κ1) is 12.6. The molecule has 5 nitrogen and oxygen atoms in total. The van der Waals surface area contributed by atoms with Gasteiger partial charge in [-0.25, -0.2) is 0 Å². The minimum absolute atomic E-state index is 0.00656. The minimum atomic E-state index is -0.214. The van der Waals surface area contributed by atoms with Gasteiger partial charge in [-0.3, -0.25) is 14.8 Å². The molecule has 0 bridgehead atoms. The van der Waals surface area contributed by atoms with Gasteiger partial charge in [-0.2, -0.15) is 0 Å². The Hall–Kier alpha value is -2.43.